The molecule has 4 heterocycles. The minimum Gasteiger partial charge on any atom is -0.354 e. The SMILES string of the molecule is C=CCN1C(C)(C)CC(CCCCNc2nc(NCCCCC3CC(C)(C)N(CC=C)C(C)(C)C3)nc(NCCCCC3CC(C)(C)N(CC=C)C(C)(C)C3)n2)CC1(C)C. The van der Waals surface area contributed by atoms with Gasteiger partial charge in [0.05, 0.1) is 0 Å². The summed E-state index contributed by atoms with van der Waals surface area (Å²) in [5, 5.41) is 10.7. The number of nitrogens with zero attached hydrogens (tertiary/aromatic N) is 6. The molecule has 1 aromatic rings. The van der Waals surface area contributed by atoms with Gasteiger partial charge in [0.1, 0.15) is 0 Å². The molecule has 0 amide bonds. The van der Waals surface area contributed by atoms with Crippen molar-refractivity contribution in [2.75, 3.05) is 55.2 Å². The average molecular weight is 832 g/mol. The number of piperidine rings is 3. The van der Waals surface area contributed by atoms with Crippen molar-refractivity contribution in [3.63, 3.8) is 0 Å². The molecular weight excluding hydrogens is 739 g/mol. The van der Waals surface area contributed by atoms with Gasteiger partial charge in [-0.15, -0.1) is 19.7 Å². The summed E-state index contributed by atoms with van der Waals surface area (Å²) in [5.74, 6) is 4.23. The molecule has 0 atom stereocenters. The maximum atomic E-state index is 4.87. The summed E-state index contributed by atoms with van der Waals surface area (Å²) >= 11 is 0. The first-order valence-corrected chi connectivity index (χ1v) is 24.2. The summed E-state index contributed by atoms with van der Waals surface area (Å²) < 4.78 is 0. The van der Waals surface area contributed by atoms with E-state index in [0.717, 1.165) is 76.3 Å². The number of rotatable bonds is 24. The van der Waals surface area contributed by atoms with Gasteiger partial charge in [0, 0.05) is 72.5 Å². The highest BCUT2D eigenvalue weighted by Crippen LogP contribution is 2.45. The summed E-state index contributed by atoms with van der Waals surface area (Å²) in [4.78, 5) is 22.5. The zero-order valence-corrected chi connectivity index (χ0v) is 41.1. The Morgan fingerprint density at radius 3 is 0.833 bits per heavy atom. The van der Waals surface area contributed by atoms with E-state index in [0.29, 0.717) is 17.8 Å². The van der Waals surface area contributed by atoms with Crippen molar-refractivity contribution in [3.8, 4) is 0 Å². The van der Waals surface area contributed by atoms with Gasteiger partial charge in [0.15, 0.2) is 0 Å². The molecule has 342 valence electrons. The predicted octanol–water partition coefficient (Wildman–Crippen LogP) is 12.0. The van der Waals surface area contributed by atoms with Crippen LogP contribution in [0, 0.1) is 17.8 Å². The van der Waals surface area contributed by atoms with E-state index in [4.69, 9.17) is 15.0 Å². The molecule has 0 radical (unpaired) electrons. The Bertz CT molecular complexity index is 1270. The fourth-order valence-electron chi connectivity index (χ4n) is 12.9. The fraction of sp³-hybridized carbons (Fsp3) is 0.824. The van der Waals surface area contributed by atoms with Crippen molar-refractivity contribution < 1.29 is 0 Å². The summed E-state index contributed by atoms with van der Waals surface area (Å²) in [5.41, 5.74) is 1.11. The highest BCUT2D eigenvalue weighted by atomic mass is 15.3. The molecule has 0 unspecified atom stereocenters. The first kappa shape index (κ1) is 50.2. The van der Waals surface area contributed by atoms with Crippen molar-refractivity contribution in [3.05, 3.63) is 38.0 Å². The molecule has 60 heavy (non-hydrogen) atoms. The van der Waals surface area contributed by atoms with Crippen LogP contribution in [0.1, 0.15) is 179 Å². The van der Waals surface area contributed by atoms with Crippen molar-refractivity contribution in [1.82, 2.24) is 29.7 Å². The van der Waals surface area contributed by atoms with Crippen LogP contribution in [0.3, 0.4) is 0 Å². The Labute approximate surface area is 369 Å². The maximum absolute atomic E-state index is 4.87. The normalized spacial score (nSPS) is 23.2. The number of unbranched alkanes of at least 4 members (excludes halogenated alkanes) is 3. The zero-order valence-electron chi connectivity index (χ0n) is 41.1. The van der Waals surface area contributed by atoms with Crippen molar-refractivity contribution in [2.45, 2.75) is 213 Å². The molecular formula is C51H93N9. The Morgan fingerprint density at radius 1 is 0.417 bits per heavy atom. The topological polar surface area (TPSA) is 84.5 Å². The minimum atomic E-state index is 0.185. The molecule has 9 heteroatoms. The Kier molecular flexibility index (Phi) is 17.8. The van der Waals surface area contributed by atoms with Crippen LogP contribution in [0.4, 0.5) is 17.8 Å². The predicted molar refractivity (Wildman–Crippen MR) is 260 cm³/mol. The molecule has 3 saturated heterocycles. The highest BCUT2D eigenvalue weighted by Gasteiger charge is 2.46. The molecule has 0 aliphatic carbocycles. The second-order valence-electron chi connectivity index (χ2n) is 23.0. The first-order valence-electron chi connectivity index (χ1n) is 24.2. The van der Waals surface area contributed by atoms with Crippen LogP contribution in [0.2, 0.25) is 0 Å². The summed E-state index contributed by atoms with van der Waals surface area (Å²) in [6, 6.07) is 0. The van der Waals surface area contributed by atoms with E-state index < -0.39 is 0 Å². The Balaban J connectivity index is 1.29. The molecule has 3 aliphatic heterocycles. The molecule has 0 saturated carbocycles. The van der Waals surface area contributed by atoms with E-state index in [1.165, 1.54) is 77.0 Å². The van der Waals surface area contributed by atoms with E-state index in [2.05, 4.69) is 152 Å². The molecule has 0 spiro atoms. The van der Waals surface area contributed by atoms with E-state index in [1.54, 1.807) is 0 Å². The summed E-state index contributed by atoms with van der Waals surface area (Å²) in [7, 11) is 0. The highest BCUT2D eigenvalue weighted by molar-refractivity contribution is 5.42. The average Bonchev–Trinajstić information content (AvgIpc) is 3.11. The molecule has 3 N–H and O–H groups in total. The fourth-order valence-corrected chi connectivity index (χ4v) is 12.9. The number of hydrogen-bond acceptors (Lipinski definition) is 9. The number of hydrogen-bond donors (Lipinski definition) is 3. The summed E-state index contributed by atoms with van der Waals surface area (Å²) in [6.07, 6.45) is 24.3. The van der Waals surface area contributed by atoms with Gasteiger partial charge >= 0.3 is 0 Å². The van der Waals surface area contributed by atoms with Crippen LogP contribution < -0.4 is 16.0 Å². The number of likely N-dealkylation sites (tertiary alicyclic amines) is 3. The number of aromatic nitrogens is 3. The number of nitrogens with one attached hydrogen (secondary N) is 3. The quantitative estimate of drug-likeness (QED) is 0.0696. The first-order chi connectivity index (χ1) is 28.0. The third-order valence-electron chi connectivity index (χ3n) is 14.7. The van der Waals surface area contributed by atoms with Crippen LogP contribution in [-0.4, -0.2) is 102 Å². The number of anilines is 3. The second kappa shape index (κ2) is 21.3. The molecule has 1 aromatic heterocycles. The second-order valence-corrected chi connectivity index (χ2v) is 23.0. The van der Waals surface area contributed by atoms with Gasteiger partial charge in [0.25, 0.3) is 0 Å². The van der Waals surface area contributed by atoms with E-state index in [9.17, 15) is 0 Å². The molecule has 0 aromatic carbocycles. The lowest BCUT2D eigenvalue weighted by Crippen LogP contribution is -2.60. The standard InChI is InChI=1S/C51H93N9/c1-16-31-58-46(4,5)34-40(35-47(58,6)7)25-19-22-28-52-43-55-44(53-29-23-20-26-41-36-48(8,9)59(32-17-2)49(10,11)37-41)57-45(56-43)54-30-24-21-27-42-38-50(12,13)60(33-18-3)51(14,15)39-42/h16-18,40-42H,1-3,19-39H2,4-15H3,(H3,52,53,54,55,56,57). The van der Waals surface area contributed by atoms with Gasteiger partial charge in [-0.25, -0.2) is 0 Å². The maximum Gasteiger partial charge on any atom is 0.229 e. The van der Waals surface area contributed by atoms with Gasteiger partial charge in [-0.1, -0.05) is 56.8 Å². The third kappa shape index (κ3) is 14.0. The molecule has 9 nitrogen and oxygen atoms in total. The third-order valence-corrected chi connectivity index (χ3v) is 14.7. The van der Waals surface area contributed by atoms with Crippen LogP contribution in [0.5, 0.6) is 0 Å². The lowest BCUT2D eigenvalue weighted by Gasteiger charge is -2.55. The van der Waals surface area contributed by atoms with E-state index in [1.807, 2.05) is 0 Å². The molecule has 3 fully saturated rings. The lowest BCUT2D eigenvalue weighted by atomic mass is 9.72. The smallest absolute Gasteiger partial charge is 0.229 e. The van der Waals surface area contributed by atoms with Gasteiger partial charge in [-0.3, -0.25) is 14.7 Å². The van der Waals surface area contributed by atoms with Gasteiger partial charge in [0.2, 0.25) is 17.8 Å². The lowest BCUT2D eigenvalue weighted by molar-refractivity contribution is -0.0446. The van der Waals surface area contributed by atoms with Crippen LogP contribution in [0.25, 0.3) is 0 Å². The Hall–Kier alpha value is -2.49. The van der Waals surface area contributed by atoms with Gasteiger partial charge in [-0.2, -0.15) is 15.0 Å². The van der Waals surface area contributed by atoms with Crippen molar-refractivity contribution >= 4 is 17.8 Å². The van der Waals surface area contributed by atoms with Gasteiger partial charge < -0.3 is 16.0 Å². The largest absolute Gasteiger partial charge is 0.354 e. The van der Waals surface area contributed by atoms with Crippen molar-refractivity contribution in [1.29, 1.82) is 0 Å². The van der Waals surface area contributed by atoms with Crippen LogP contribution in [-0.2, 0) is 0 Å². The van der Waals surface area contributed by atoms with Crippen LogP contribution in [0.15, 0.2) is 38.0 Å². The Morgan fingerprint density at radius 2 is 0.633 bits per heavy atom. The zero-order chi connectivity index (χ0) is 44.4. The molecule has 0 bridgehead atoms. The van der Waals surface area contributed by atoms with E-state index in [-0.39, 0.29) is 33.2 Å². The van der Waals surface area contributed by atoms with Gasteiger partial charge in [-0.05, 0) is 159 Å². The van der Waals surface area contributed by atoms with Crippen LogP contribution >= 0.6 is 0 Å². The minimum absolute atomic E-state index is 0.185. The monoisotopic (exact) mass is 832 g/mol. The summed E-state index contributed by atoms with van der Waals surface area (Å²) in [6.45, 7) is 46.5. The van der Waals surface area contributed by atoms with E-state index >= 15 is 0 Å². The molecule has 4 rings (SSSR count). The van der Waals surface area contributed by atoms with Crippen molar-refractivity contribution in [2.24, 2.45) is 17.8 Å². The molecule has 3 aliphatic rings.